The number of hydrogen-bond acceptors (Lipinski definition) is 2. The monoisotopic (exact) mass is 242 g/mol. The van der Waals surface area contributed by atoms with Crippen molar-refractivity contribution in [1.82, 2.24) is 0 Å². The quantitative estimate of drug-likeness (QED) is 0.765. The van der Waals surface area contributed by atoms with Crippen molar-refractivity contribution in [3.05, 3.63) is 28.8 Å². The molecule has 1 aromatic rings. The Balaban J connectivity index is 2.64. The van der Waals surface area contributed by atoms with Crippen LogP contribution in [0.15, 0.2) is 18.2 Å². The van der Waals surface area contributed by atoms with Crippen molar-refractivity contribution >= 4 is 11.6 Å². The van der Waals surface area contributed by atoms with Crippen LogP contribution in [0.4, 0.5) is 0 Å². The Morgan fingerprint density at radius 1 is 1.38 bits per heavy atom. The number of halogens is 1. The molecule has 0 saturated carbocycles. The number of hydrogen-bond donors (Lipinski definition) is 1. The van der Waals surface area contributed by atoms with E-state index in [0.29, 0.717) is 11.6 Å². The van der Waals surface area contributed by atoms with Gasteiger partial charge in [0.15, 0.2) is 0 Å². The van der Waals surface area contributed by atoms with Crippen LogP contribution in [-0.4, -0.2) is 11.7 Å². The molecule has 1 unspecified atom stereocenters. The average Bonchev–Trinajstić information content (AvgIpc) is 2.26. The van der Waals surface area contributed by atoms with E-state index in [0.717, 1.165) is 24.2 Å². The smallest absolute Gasteiger partial charge is 0.125 e. The van der Waals surface area contributed by atoms with Crippen molar-refractivity contribution in [2.45, 2.75) is 39.2 Å². The van der Waals surface area contributed by atoms with Crippen LogP contribution in [0.3, 0.4) is 0 Å². The van der Waals surface area contributed by atoms with E-state index in [1.165, 1.54) is 6.42 Å². The zero-order valence-corrected chi connectivity index (χ0v) is 10.6. The van der Waals surface area contributed by atoms with Crippen molar-refractivity contribution in [3.63, 3.8) is 0 Å². The van der Waals surface area contributed by atoms with Gasteiger partial charge in [-0.25, -0.2) is 0 Å². The Hall–Kier alpha value is -0.730. The van der Waals surface area contributed by atoms with Crippen LogP contribution in [-0.2, 0) is 0 Å². The Kier molecular flexibility index (Phi) is 5.64. The third-order valence-corrected chi connectivity index (χ3v) is 2.66. The molecule has 0 aliphatic carbocycles. The molecule has 0 spiro atoms. The lowest BCUT2D eigenvalue weighted by Crippen LogP contribution is -2.02. The van der Waals surface area contributed by atoms with Gasteiger partial charge in [0, 0.05) is 10.6 Å². The van der Waals surface area contributed by atoms with E-state index in [4.69, 9.17) is 16.3 Å². The van der Waals surface area contributed by atoms with E-state index in [-0.39, 0.29) is 0 Å². The molecule has 1 aromatic carbocycles. The Bertz CT molecular complexity index is 324. The molecule has 90 valence electrons. The summed E-state index contributed by atoms with van der Waals surface area (Å²) in [6.45, 7) is 4.56. The second-order valence-electron chi connectivity index (χ2n) is 3.91. The van der Waals surface area contributed by atoms with E-state index in [2.05, 4.69) is 6.92 Å². The molecule has 0 aromatic heterocycles. The van der Waals surface area contributed by atoms with Crippen LogP contribution in [0.1, 0.15) is 44.8 Å². The molecule has 0 radical (unpaired) electrons. The summed E-state index contributed by atoms with van der Waals surface area (Å²) in [6, 6.07) is 5.35. The summed E-state index contributed by atoms with van der Waals surface area (Å²) in [5.41, 5.74) is 0.754. The first-order chi connectivity index (χ1) is 7.65. The van der Waals surface area contributed by atoms with Gasteiger partial charge in [-0.05, 0) is 31.5 Å². The summed E-state index contributed by atoms with van der Waals surface area (Å²) in [4.78, 5) is 0. The van der Waals surface area contributed by atoms with Crippen LogP contribution in [0.5, 0.6) is 5.75 Å². The number of rotatable bonds is 6. The topological polar surface area (TPSA) is 29.5 Å². The zero-order valence-electron chi connectivity index (χ0n) is 9.87. The third kappa shape index (κ3) is 4.03. The van der Waals surface area contributed by atoms with E-state index < -0.39 is 6.10 Å². The lowest BCUT2D eigenvalue weighted by molar-refractivity contribution is 0.190. The second kappa shape index (κ2) is 6.77. The first-order valence-electron chi connectivity index (χ1n) is 5.75. The maximum Gasteiger partial charge on any atom is 0.125 e. The van der Waals surface area contributed by atoms with E-state index in [1.54, 1.807) is 19.1 Å². The van der Waals surface area contributed by atoms with Gasteiger partial charge in [0.1, 0.15) is 5.75 Å². The normalized spacial score (nSPS) is 12.5. The average molecular weight is 243 g/mol. The van der Waals surface area contributed by atoms with Crippen LogP contribution >= 0.6 is 11.6 Å². The predicted molar refractivity (Wildman–Crippen MR) is 67.1 cm³/mol. The van der Waals surface area contributed by atoms with Crippen LogP contribution < -0.4 is 4.74 Å². The molecule has 1 rings (SSSR count). The number of aliphatic hydroxyl groups excluding tert-OH is 1. The Morgan fingerprint density at radius 3 is 2.75 bits per heavy atom. The van der Waals surface area contributed by atoms with Gasteiger partial charge in [-0.3, -0.25) is 0 Å². The van der Waals surface area contributed by atoms with Crippen molar-refractivity contribution in [2.75, 3.05) is 6.61 Å². The molecule has 16 heavy (non-hydrogen) atoms. The minimum atomic E-state index is -0.556. The molecular weight excluding hydrogens is 224 g/mol. The predicted octanol–water partition coefficient (Wildman–Crippen LogP) is 3.96. The second-order valence-corrected chi connectivity index (χ2v) is 4.35. The molecule has 0 aliphatic heterocycles. The van der Waals surface area contributed by atoms with E-state index in [9.17, 15) is 5.11 Å². The molecule has 1 atom stereocenters. The highest BCUT2D eigenvalue weighted by molar-refractivity contribution is 6.30. The highest BCUT2D eigenvalue weighted by atomic mass is 35.5. The van der Waals surface area contributed by atoms with Gasteiger partial charge < -0.3 is 9.84 Å². The molecule has 0 fully saturated rings. The van der Waals surface area contributed by atoms with Crippen LogP contribution in [0.2, 0.25) is 5.02 Å². The molecule has 3 heteroatoms. The summed E-state index contributed by atoms with van der Waals surface area (Å²) in [6.07, 6.45) is 2.82. The molecule has 0 aliphatic rings. The van der Waals surface area contributed by atoms with Crippen LogP contribution in [0.25, 0.3) is 0 Å². The molecular formula is C13H19ClO2. The fourth-order valence-corrected chi connectivity index (χ4v) is 1.69. The number of aliphatic hydroxyl groups is 1. The van der Waals surface area contributed by atoms with Gasteiger partial charge in [0.25, 0.3) is 0 Å². The summed E-state index contributed by atoms with van der Waals surface area (Å²) in [7, 11) is 0. The van der Waals surface area contributed by atoms with Crippen molar-refractivity contribution in [3.8, 4) is 5.75 Å². The maximum absolute atomic E-state index is 9.59. The number of unbranched alkanes of at least 4 members (excludes halogenated alkanes) is 2. The van der Waals surface area contributed by atoms with Gasteiger partial charge in [0.05, 0.1) is 12.7 Å². The zero-order chi connectivity index (χ0) is 12.0. The van der Waals surface area contributed by atoms with Crippen molar-refractivity contribution in [1.29, 1.82) is 0 Å². The number of benzene rings is 1. The molecule has 1 N–H and O–H groups in total. The van der Waals surface area contributed by atoms with E-state index in [1.807, 2.05) is 6.07 Å². The molecule has 0 saturated heterocycles. The lowest BCUT2D eigenvalue weighted by Gasteiger charge is -2.13. The number of ether oxygens (including phenoxy) is 1. The largest absolute Gasteiger partial charge is 0.493 e. The summed E-state index contributed by atoms with van der Waals surface area (Å²) < 4.78 is 5.64. The minimum Gasteiger partial charge on any atom is -0.493 e. The van der Waals surface area contributed by atoms with Gasteiger partial charge in [-0.2, -0.15) is 0 Å². The maximum atomic E-state index is 9.59. The molecule has 0 amide bonds. The SMILES string of the molecule is CCCCCOc1ccc(Cl)cc1C(C)O. The highest BCUT2D eigenvalue weighted by Gasteiger charge is 2.09. The summed E-state index contributed by atoms with van der Waals surface area (Å²) >= 11 is 5.88. The standard InChI is InChI=1S/C13H19ClO2/c1-3-4-5-8-16-13-7-6-11(14)9-12(13)10(2)15/h6-7,9-10,15H,3-5,8H2,1-2H3. The first-order valence-corrected chi connectivity index (χ1v) is 6.13. The van der Waals surface area contributed by atoms with Crippen LogP contribution in [0, 0.1) is 0 Å². The van der Waals surface area contributed by atoms with Gasteiger partial charge >= 0.3 is 0 Å². The van der Waals surface area contributed by atoms with Gasteiger partial charge in [-0.1, -0.05) is 31.4 Å². The summed E-state index contributed by atoms with van der Waals surface area (Å²) in [5.74, 6) is 0.732. The lowest BCUT2D eigenvalue weighted by atomic mass is 10.1. The van der Waals surface area contributed by atoms with E-state index >= 15 is 0 Å². The fourth-order valence-electron chi connectivity index (χ4n) is 1.51. The summed E-state index contributed by atoms with van der Waals surface area (Å²) in [5, 5.41) is 10.2. The molecule has 2 nitrogen and oxygen atoms in total. The molecule has 0 bridgehead atoms. The van der Waals surface area contributed by atoms with Crippen molar-refractivity contribution < 1.29 is 9.84 Å². The van der Waals surface area contributed by atoms with Gasteiger partial charge in [0.2, 0.25) is 0 Å². The Labute approximate surface area is 102 Å². The first kappa shape index (κ1) is 13.3. The van der Waals surface area contributed by atoms with Crippen molar-refractivity contribution in [2.24, 2.45) is 0 Å². The highest BCUT2D eigenvalue weighted by Crippen LogP contribution is 2.28. The Morgan fingerprint density at radius 2 is 2.12 bits per heavy atom. The molecule has 0 heterocycles. The minimum absolute atomic E-state index is 0.556. The van der Waals surface area contributed by atoms with Gasteiger partial charge in [-0.15, -0.1) is 0 Å². The third-order valence-electron chi connectivity index (χ3n) is 2.43. The fraction of sp³-hybridized carbons (Fsp3) is 0.538.